The molecule has 112 valence electrons. The van der Waals surface area contributed by atoms with E-state index in [2.05, 4.69) is 5.32 Å². The second-order valence-corrected chi connectivity index (χ2v) is 4.70. The van der Waals surface area contributed by atoms with Crippen molar-refractivity contribution in [3.05, 3.63) is 69.5 Å². The molecule has 0 aliphatic rings. The van der Waals surface area contributed by atoms with Gasteiger partial charge in [-0.15, -0.1) is 0 Å². The summed E-state index contributed by atoms with van der Waals surface area (Å²) < 4.78 is 67.8. The van der Waals surface area contributed by atoms with E-state index < -0.39 is 45.7 Å². The molecule has 0 fully saturated rings. The van der Waals surface area contributed by atoms with Crippen molar-refractivity contribution in [1.82, 2.24) is 5.32 Å². The zero-order chi connectivity index (χ0) is 15.7. The van der Waals surface area contributed by atoms with E-state index in [0.717, 1.165) is 6.07 Å². The highest BCUT2D eigenvalue weighted by Gasteiger charge is 2.25. The van der Waals surface area contributed by atoms with Crippen molar-refractivity contribution in [3.63, 3.8) is 0 Å². The van der Waals surface area contributed by atoms with E-state index in [1.165, 1.54) is 7.05 Å². The van der Waals surface area contributed by atoms with E-state index in [1.807, 2.05) is 0 Å². The third-order valence-corrected chi connectivity index (χ3v) is 3.26. The van der Waals surface area contributed by atoms with Crippen molar-refractivity contribution in [2.45, 2.75) is 6.04 Å². The molecule has 1 atom stereocenters. The van der Waals surface area contributed by atoms with Gasteiger partial charge < -0.3 is 5.32 Å². The molecular weight excluding hydrogens is 313 g/mol. The molecule has 7 heteroatoms. The first kappa shape index (κ1) is 15.7. The van der Waals surface area contributed by atoms with Crippen LogP contribution in [-0.2, 0) is 0 Å². The van der Waals surface area contributed by atoms with Crippen molar-refractivity contribution >= 4 is 11.6 Å². The first-order chi connectivity index (χ1) is 9.85. The van der Waals surface area contributed by atoms with Crippen LogP contribution in [-0.4, -0.2) is 7.05 Å². The monoisotopic (exact) mass is 321 g/mol. The third-order valence-electron chi connectivity index (χ3n) is 2.97. The van der Waals surface area contributed by atoms with Crippen LogP contribution in [0.2, 0.25) is 5.02 Å². The SMILES string of the molecule is CNC(c1cc(F)c(Cl)cc1F)c1c(F)cc(F)cc1F. The van der Waals surface area contributed by atoms with Gasteiger partial charge in [-0.25, -0.2) is 22.0 Å². The summed E-state index contributed by atoms with van der Waals surface area (Å²) in [6, 6.07) is 1.04. The first-order valence-corrected chi connectivity index (χ1v) is 6.19. The molecule has 1 unspecified atom stereocenters. The zero-order valence-corrected chi connectivity index (χ0v) is 11.4. The lowest BCUT2D eigenvalue weighted by atomic mass is 9.97. The Morgan fingerprint density at radius 2 is 1.43 bits per heavy atom. The molecule has 2 aromatic carbocycles. The molecule has 0 aromatic heterocycles. The maximum atomic E-state index is 13.9. The minimum absolute atomic E-state index is 0.344. The molecule has 2 rings (SSSR count). The van der Waals surface area contributed by atoms with Gasteiger partial charge in [0.05, 0.1) is 11.1 Å². The number of hydrogen-bond acceptors (Lipinski definition) is 1. The van der Waals surface area contributed by atoms with Crippen LogP contribution in [0.3, 0.4) is 0 Å². The number of nitrogens with one attached hydrogen (secondary N) is 1. The highest BCUT2D eigenvalue weighted by atomic mass is 35.5. The number of benzene rings is 2. The molecule has 0 aliphatic heterocycles. The molecule has 1 nitrogen and oxygen atoms in total. The average Bonchev–Trinajstić information content (AvgIpc) is 2.38. The largest absolute Gasteiger partial charge is 0.309 e. The maximum Gasteiger partial charge on any atom is 0.142 e. The van der Waals surface area contributed by atoms with Gasteiger partial charge in [-0.05, 0) is 19.2 Å². The lowest BCUT2D eigenvalue weighted by molar-refractivity contribution is 0.488. The molecular formula is C14H9ClF5N. The van der Waals surface area contributed by atoms with Gasteiger partial charge in [-0.2, -0.15) is 0 Å². The minimum atomic E-state index is -1.34. The van der Waals surface area contributed by atoms with Gasteiger partial charge in [-0.1, -0.05) is 11.6 Å². The average molecular weight is 322 g/mol. The topological polar surface area (TPSA) is 12.0 Å². The van der Waals surface area contributed by atoms with E-state index in [0.29, 0.717) is 18.2 Å². The fourth-order valence-electron chi connectivity index (χ4n) is 2.04. The van der Waals surface area contributed by atoms with E-state index in [-0.39, 0.29) is 5.56 Å². The maximum absolute atomic E-state index is 13.9. The predicted octanol–water partition coefficient (Wildman–Crippen LogP) is 4.34. The summed E-state index contributed by atoms with van der Waals surface area (Å²) in [7, 11) is 1.30. The molecule has 0 aliphatic carbocycles. The second kappa shape index (κ2) is 5.99. The molecule has 1 N–H and O–H groups in total. The molecule has 0 amide bonds. The van der Waals surface area contributed by atoms with Crippen LogP contribution in [0.25, 0.3) is 0 Å². The van der Waals surface area contributed by atoms with Crippen LogP contribution in [0.1, 0.15) is 17.2 Å². The van der Waals surface area contributed by atoms with Crippen molar-refractivity contribution < 1.29 is 22.0 Å². The van der Waals surface area contributed by atoms with Gasteiger partial charge in [0.25, 0.3) is 0 Å². The van der Waals surface area contributed by atoms with Gasteiger partial charge >= 0.3 is 0 Å². The zero-order valence-electron chi connectivity index (χ0n) is 10.7. The first-order valence-electron chi connectivity index (χ1n) is 5.81. The summed E-state index contributed by atoms with van der Waals surface area (Å²) in [5, 5.41) is 2.02. The van der Waals surface area contributed by atoms with Crippen molar-refractivity contribution in [3.8, 4) is 0 Å². The highest BCUT2D eigenvalue weighted by Crippen LogP contribution is 2.31. The summed E-state index contributed by atoms with van der Waals surface area (Å²) in [4.78, 5) is 0. The summed E-state index contributed by atoms with van der Waals surface area (Å²) >= 11 is 5.43. The predicted molar refractivity (Wildman–Crippen MR) is 68.6 cm³/mol. The molecule has 0 bridgehead atoms. The second-order valence-electron chi connectivity index (χ2n) is 4.29. The van der Waals surface area contributed by atoms with E-state index in [4.69, 9.17) is 11.6 Å². The van der Waals surface area contributed by atoms with Crippen LogP contribution >= 0.6 is 11.6 Å². The van der Waals surface area contributed by atoms with Gasteiger partial charge in [0.1, 0.15) is 29.1 Å². The Labute approximate surface area is 122 Å². The number of rotatable bonds is 3. The van der Waals surface area contributed by atoms with E-state index >= 15 is 0 Å². The number of hydrogen-bond donors (Lipinski definition) is 1. The smallest absolute Gasteiger partial charge is 0.142 e. The molecule has 0 radical (unpaired) electrons. The van der Waals surface area contributed by atoms with Gasteiger partial charge in [0.2, 0.25) is 0 Å². The van der Waals surface area contributed by atoms with E-state index in [1.54, 1.807) is 0 Å². The van der Waals surface area contributed by atoms with Crippen molar-refractivity contribution in [1.29, 1.82) is 0 Å². The minimum Gasteiger partial charge on any atom is -0.309 e. The van der Waals surface area contributed by atoms with Gasteiger partial charge in [0, 0.05) is 23.3 Å². The highest BCUT2D eigenvalue weighted by molar-refractivity contribution is 6.30. The Balaban J connectivity index is 2.63. The van der Waals surface area contributed by atoms with Gasteiger partial charge in [0.15, 0.2) is 0 Å². The van der Waals surface area contributed by atoms with Crippen LogP contribution in [0.4, 0.5) is 22.0 Å². The Bertz CT molecular complexity index is 666. The van der Waals surface area contributed by atoms with Crippen LogP contribution < -0.4 is 5.32 Å². The summed E-state index contributed by atoms with van der Waals surface area (Å²) in [5.41, 5.74) is -0.955. The normalized spacial score (nSPS) is 12.5. The quantitative estimate of drug-likeness (QED) is 0.655. The Kier molecular flexibility index (Phi) is 4.49. The fourth-order valence-corrected chi connectivity index (χ4v) is 2.19. The van der Waals surface area contributed by atoms with E-state index in [9.17, 15) is 22.0 Å². The summed E-state index contributed by atoms with van der Waals surface area (Å²) in [6.45, 7) is 0. The molecule has 0 spiro atoms. The molecule has 2 aromatic rings. The molecule has 0 saturated heterocycles. The molecule has 0 heterocycles. The Morgan fingerprint density at radius 1 is 0.857 bits per heavy atom. The fraction of sp³-hybridized carbons (Fsp3) is 0.143. The van der Waals surface area contributed by atoms with Crippen molar-refractivity contribution in [2.24, 2.45) is 0 Å². The lowest BCUT2D eigenvalue weighted by Crippen LogP contribution is -2.22. The summed E-state index contributed by atoms with van der Waals surface area (Å²) in [6.07, 6.45) is 0. The van der Waals surface area contributed by atoms with Crippen LogP contribution in [0.15, 0.2) is 24.3 Å². The van der Waals surface area contributed by atoms with Crippen molar-refractivity contribution in [2.75, 3.05) is 7.05 Å². The molecule has 21 heavy (non-hydrogen) atoms. The third kappa shape index (κ3) is 3.01. The lowest BCUT2D eigenvalue weighted by Gasteiger charge is -2.19. The van der Waals surface area contributed by atoms with Crippen LogP contribution in [0, 0.1) is 29.1 Å². The molecule has 0 saturated carbocycles. The Hall–Kier alpha value is -1.66. The van der Waals surface area contributed by atoms with Crippen LogP contribution in [0.5, 0.6) is 0 Å². The Morgan fingerprint density at radius 3 is 1.95 bits per heavy atom. The summed E-state index contributed by atoms with van der Waals surface area (Å²) in [5.74, 6) is -5.39. The van der Waals surface area contributed by atoms with Gasteiger partial charge in [-0.3, -0.25) is 0 Å². The standard InChI is InChI=1S/C14H9ClF5N/c1-21-14(7-4-10(18)8(15)5-9(7)17)13-11(19)2-6(16)3-12(13)20/h2-5,14,21H,1H3. The number of halogens is 6.